The Balaban J connectivity index is 2.42. The van der Waals surface area contributed by atoms with Crippen molar-refractivity contribution < 1.29 is 5.11 Å². The molecule has 0 aromatic carbocycles. The molecule has 0 aliphatic carbocycles. The zero-order valence-electron chi connectivity index (χ0n) is 5.76. The van der Waals surface area contributed by atoms with Gasteiger partial charge in [-0.2, -0.15) is 0 Å². The molecule has 1 rings (SSSR count). The first-order valence-electron chi connectivity index (χ1n) is 3.43. The number of rotatable bonds is 1. The Kier molecular flexibility index (Phi) is 1.98. The highest BCUT2D eigenvalue weighted by Crippen LogP contribution is 2.09. The molecule has 0 spiro atoms. The highest BCUT2D eigenvalue weighted by Gasteiger charge is 2.07. The number of likely N-dealkylation sites (tertiary alicyclic amines) is 1. The molecule has 2 nitrogen and oxygen atoms in total. The predicted molar refractivity (Wildman–Crippen MR) is 34.6 cm³/mol. The third-order valence-corrected chi connectivity index (χ3v) is 1.66. The summed E-state index contributed by atoms with van der Waals surface area (Å²) in [5, 5.41) is 10.9. The SMILES string of the molecule is C/C=C(\[O-])N1CCCC1. The first-order valence-corrected chi connectivity index (χ1v) is 3.43. The first kappa shape index (κ1) is 6.46. The van der Waals surface area contributed by atoms with Gasteiger partial charge in [0.15, 0.2) is 0 Å². The molecule has 0 aromatic heterocycles. The van der Waals surface area contributed by atoms with Crippen LogP contribution in [0.4, 0.5) is 0 Å². The van der Waals surface area contributed by atoms with Crippen LogP contribution in [-0.2, 0) is 0 Å². The van der Waals surface area contributed by atoms with Crippen molar-refractivity contribution in [1.82, 2.24) is 4.90 Å². The predicted octanol–water partition coefficient (Wildman–Crippen LogP) is 0.304. The monoisotopic (exact) mass is 126 g/mol. The molecule has 0 atom stereocenters. The Labute approximate surface area is 55.8 Å². The summed E-state index contributed by atoms with van der Waals surface area (Å²) in [6.07, 6.45) is 3.99. The fourth-order valence-electron chi connectivity index (χ4n) is 1.12. The lowest BCUT2D eigenvalue weighted by Gasteiger charge is -2.25. The van der Waals surface area contributed by atoms with Crippen molar-refractivity contribution in [2.45, 2.75) is 19.8 Å². The second kappa shape index (κ2) is 2.76. The van der Waals surface area contributed by atoms with Crippen molar-refractivity contribution in [3.8, 4) is 0 Å². The van der Waals surface area contributed by atoms with Gasteiger partial charge in [-0.05, 0) is 25.6 Å². The molecule has 0 saturated carbocycles. The van der Waals surface area contributed by atoms with Crippen LogP contribution < -0.4 is 5.11 Å². The fraction of sp³-hybridized carbons (Fsp3) is 0.714. The van der Waals surface area contributed by atoms with Gasteiger partial charge < -0.3 is 10.0 Å². The lowest BCUT2D eigenvalue weighted by atomic mass is 10.4. The summed E-state index contributed by atoms with van der Waals surface area (Å²) in [5.74, 6) is 0.188. The Bertz CT molecular complexity index is 114. The molecule has 0 amide bonds. The van der Waals surface area contributed by atoms with Crippen LogP contribution in [0.1, 0.15) is 19.8 Å². The van der Waals surface area contributed by atoms with Crippen LogP contribution in [0.15, 0.2) is 12.0 Å². The van der Waals surface area contributed by atoms with Gasteiger partial charge in [-0.3, -0.25) is 0 Å². The van der Waals surface area contributed by atoms with E-state index in [4.69, 9.17) is 0 Å². The molecular formula is C7H12NO-. The van der Waals surface area contributed by atoms with E-state index in [1.807, 2.05) is 4.90 Å². The summed E-state index contributed by atoms with van der Waals surface area (Å²) in [6, 6.07) is 0. The Morgan fingerprint density at radius 1 is 1.44 bits per heavy atom. The van der Waals surface area contributed by atoms with E-state index >= 15 is 0 Å². The average Bonchev–Trinajstić information content (AvgIpc) is 2.37. The highest BCUT2D eigenvalue weighted by molar-refractivity contribution is 4.88. The molecule has 1 heterocycles. The normalized spacial score (nSPS) is 21.0. The summed E-state index contributed by atoms with van der Waals surface area (Å²) in [4.78, 5) is 1.89. The van der Waals surface area contributed by atoms with E-state index in [-0.39, 0.29) is 5.88 Å². The Morgan fingerprint density at radius 3 is 2.44 bits per heavy atom. The maximum absolute atomic E-state index is 10.9. The molecule has 0 unspecified atom stereocenters. The maximum Gasteiger partial charge on any atom is 0.0167 e. The zero-order valence-corrected chi connectivity index (χ0v) is 5.76. The minimum Gasteiger partial charge on any atom is -0.861 e. The van der Waals surface area contributed by atoms with E-state index in [2.05, 4.69) is 0 Å². The van der Waals surface area contributed by atoms with Crippen molar-refractivity contribution in [3.63, 3.8) is 0 Å². The fourth-order valence-corrected chi connectivity index (χ4v) is 1.12. The van der Waals surface area contributed by atoms with Gasteiger partial charge >= 0.3 is 0 Å². The number of hydrogen-bond donors (Lipinski definition) is 0. The number of allylic oxidation sites excluding steroid dienone is 1. The molecular weight excluding hydrogens is 114 g/mol. The molecule has 52 valence electrons. The van der Waals surface area contributed by atoms with Gasteiger partial charge in [0.2, 0.25) is 0 Å². The third kappa shape index (κ3) is 1.37. The molecule has 0 radical (unpaired) electrons. The molecule has 1 aliphatic heterocycles. The van der Waals surface area contributed by atoms with Crippen molar-refractivity contribution in [1.29, 1.82) is 0 Å². The van der Waals surface area contributed by atoms with Gasteiger partial charge in [-0.25, -0.2) is 0 Å². The second-order valence-electron chi connectivity index (χ2n) is 2.32. The van der Waals surface area contributed by atoms with Gasteiger partial charge in [-0.1, -0.05) is 6.08 Å². The summed E-state index contributed by atoms with van der Waals surface area (Å²) in [6.45, 7) is 3.72. The minimum atomic E-state index is 0.188. The van der Waals surface area contributed by atoms with Crippen LogP contribution >= 0.6 is 0 Å². The smallest absolute Gasteiger partial charge is 0.0167 e. The Morgan fingerprint density at radius 2 is 2.00 bits per heavy atom. The standard InChI is InChI=1S/C7H13NO/c1-2-7(9)8-5-3-4-6-8/h2,9H,3-6H2,1H3/p-1/b7-2-. The summed E-state index contributed by atoms with van der Waals surface area (Å²) in [7, 11) is 0. The van der Waals surface area contributed by atoms with Crippen molar-refractivity contribution in [2.75, 3.05) is 13.1 Å². The molecule has 1 saturated heterocycles. The van der Waals surface area contributed by atoms with Crippen LogP contribution in [0.5, 0.6) is 0 Å². The lowest BCUT2D eigenvalue weighted by molar-refractivity contribution is -0.331. The topological polar surface area (TPSA) is 26.3 Å². The van der Waals surface area contributed by atoms with E-state index in [0.29, 0.717) is 0 Å². The van der Waals surface area contributed by atoms with Gasteiger partial charge in [0.05, 0.1) is 0 Å². The average molecular weight is 126 g/mol. The van der Waals surface area contributed by atoms with E-state index in [0.717, 1.165) is 13.1 Å². The van der Waals surface area contributed by atoms with Crippen molar-refractivity contribution >= 4 is 0 Å². The highest BCUT2D eigenvalue weighted by atomic mass is 16.3. The van der Waals surface area contributed by atoms with E-state index in [9.17, 15) is 5.11 Å². The molecule has 9 heavy (non-hydrogen) atoms. The Hall–Kier alpha value is -0.660. The van der Waals surface area contributed by atoms with E-state index < -0.39 is 0 Å². The number of nitrogens with zero attached hydrogens (tertiary/aromatic N) is 1. The van der Waals surface area contributed by atoms with E-state index in [1.165, 1.54) is 12.8 Å². The zero-order chi connectivity index (χ0) is 6.69. The van der Waals surface area contributed by atoms with Crippen LogP contribution in [-0.4, -0.2) is 18.0 Å². The molecule has 1 aliphatic rings. The molecule has 0 aromatic rings. The van der Waals surface area contributed by atoms with Gasteiger partial charge in [0.25, 0.3) is 0 Å². The van der Waals surface area contributed by atoms with Crippen LogP contribution in [0.25, 0.3) is 0 Å². The van der Waals surface area contributed by atoms with Gasteiger partial charge in [0.1, 0.15) is 0 Å². The van der Waals surface area contributed by atoms with Gasteiger partial charge in [0, 0.05) is 13.1 Å². The lowest BCUT2D eigenvalue weighted by Crippen LogP contribution is -2.26. The second-order valence-corrected chi connectivity index (χ2v) is 2.32. The summed E-state index contributed by atoms with van der Waals surface area (Å²) in [5.41, 5.74) is 0. The molecule has 2 heteroatoms. The summed E-state index contributed by atoms with van der Waals surface area (Å²) >= 11 is 0. The summed E-state index contributed by atoms with van der Waals surface area (Å²) < 4.78 is 0. The maximum atomic E-state index is 10.9. The quantitative estimate of drug-likeness (QED) is 0.472. The van der Waals surface area contributed by atoms with Crippen LogP contribution in [0.2, 0.25) is 0 Å². The third-order valence-electron chi connectivity index (χ3n) is 1.66. The minimum absolute atomic E-state index is 0.188. The largest absolute Gasteiger partial charge is 0.861 e. The van der Waals surface area contributed by atoms with E-state index in [1.54, 1.807) is 13.0 Å². The molecule has 1 fully saturated rings. The van der Waals surface area contributed by atoms with Crippen molar-refractivity contribution in [2.24, 2.45) is 0 Å². The van der Waals surface area contributed by atoms with Crippen LogP contribution in [0.3, 0.4) is 0 Å². The number of hydrogen-bond acceptors (Lipinski definition) is 2. The molecule has 0 N–H and O–H groups in total. The van der Waals surface area contributed by atoms with Crippen LogP contribution in [0, 0.1) is 0 Å². The first-order chi connectivity index (χ1) is 4.34. The molecule has 0 bridgehead atoms. The van der Waals surface area contributed by atoms with Crippen molar-refractivity contribution in [3.05, 3.63) is 12.0 Å². The van der Waals surface area contributed by atoms with Gasteiger partial charge in [-0.15, -0.1) is 0 Å².